The minimum absolute atomic E-state index is 0.150. The van der Waals surface area contributed by atoms with E-state index in [2.05, 4.69) is 231 Å². The molecule has 1 aliphatic rings. The normalized spacial score (nSPS) is 12.8. The first kappa shape index (κ1) is 34.1. The van der Waals surface area contributed by atoms with Crippen LogP contribution in [0.2, 0.25) is 0 Å². The van der Waals surface area contributed by atoms with Gasteiger partial charge in [0.05, 0.1) is 0 Å². The van der Waals surface area contributed by atoms with Crippen LogP contribution in [0.3, 0.4) is 0 Å². The highest BCUT2D eigenvalue weighted by atomic mass is 15.1. The van der Waals surface area contributed by atoms with Crippen LogP contribution < -0.4 is 4.90 Å². The van der Waals surface area contributed by atoms with Crippen LogP contribution in [0.5, 0.6) is 0 Å². The maximum absolute atomic E-state index is 2.45. The Kier molecular flexibility index (Phi) is 7.91. The monoisotopic (exact) mass is 739 g/mol. The van der Waals surface area contributed by atoms with E-state index in [-0.39, 0.29) is 5.41 Å². The standard InChI is InChI=1S/C57H41N/c1-57(2)53-34-27-47(46-20-19-39-13-6-8-15-44(39)35-46)37-52(53)56-51(33-26-43-17-10-18-54(57)55(43)56)42-24-30-49(31-25-42)58(50-32-23-40-14-7-9-16-45(40)36-50)48-28-21-41(22-29-48)38-11-4-3-5-12-38/h3-37H,1-2H3. The molecule has 11 rings (SSSR count). The lowest BCUT2D eigenvalue weighted by Crippen LogP contribution is -2.24. The quantitative estimate of drug-likeness (QED) is 0.164. The summed E-state index contributed by atoms with van der Waals surface area (Å²) in [6.45, 7) is 4.77. The van der Waals surface area contributed by atoms with Crippen molar-refractivity contribution >= 4 is 49.4 Å². The van der Waals surface area contributed by atoms with Gasteiger partial charge < -0.3 is 4.90 Å². The summed E-state index contributed by atoms with van der Waals surface area (Å²) < 4.78 is 0. The van der Waals surface area contributed by atoms with Crippen LogP contribution in [-0.2, 0) is 5.41 Å². The third-order valence-electron chi connectivity index (χ3n) is 12.4. The molecule has 0 N–H and O–H groups in total. The summed E-state index contributed by atoms with van der Waals surface area (Å²) >= 11 is 0. The van der Waals surface area contributed by atoms with Crippen LogP contribution >= 0.6 is 0 Å². The maximum atomic E-state index is 2.45. The maximum Gasteiger partial charge on any atom is 0.0468 e. The number of benzene rings is 10. The Labute approximate surface area is 340 Å². The molecule has 0 atom stereocenters. The van der Waals surface area contributed by atoms with Gasteiger partial charge in [0, 0.05) is 22.5 Å². The molecule has 0 amide bonds. The van der Waals surface area contributed by atoms with Crippen molar-refractivity contribution in [1.82, 2.24) is 0 Å². The molecule has 1 aliphatic carbocycles. The van der Waals surface area contributed by atoms with Crippen LogP contribution in [0.15, 0.2) is 212 Å². The first-order valence-corrected chi connectivity index (χ1v) is 20.2. The average molecular weight is 740 g/mol. The Bertz CT molecular complexity index is 3170. The second-order valence-electron chi connectivity index (χ2n) is 16.2. The predicted octanol–water partition coefficient (Wildman–Crippen LogP) is 15.9. The molecule has 1 nitrogen and oxygen atoms in total. The number of hydrogen-bond acceptors (Lipinski definition) is 1. The van der Waals surface area contributed by atoms with E-state index < -0.39 is 0 Å². The van der Waals surface area contributed by atoms with E-state index in [1.165, 1.54) is 88.0 Å². The van der Waals surface area contributed by atoms with Gasteiger partial charge in [0.2, 0.25) is 0 Å². The first-order valence-electron chi connectivity index (χ1n) is 20.2. The number of anilines is 3. The largest absolute Gasteiger partial charge is 0.310 e. The molecule has 0 unspecified atom stereocenters. The summed E-state index contributed by atoms with van der Waals surface area (Å²) in [5, 5.41) is 7.61. The van der Waals surface area contributed by atoms with Crippen molar-refractivity contribution in [3.63, 3.8) is 0 Å². The molecule has 0 aliphatic heterocycles. The number of fused-ring (bicyclic) bond motifs is 4. The van der Waals surface area contributed by atoms with Gasteiger partial charge in [0.1, 0.15) is 0 Å². The number of nitrogens with zero attached hydrogens (tertiary/aromatic N) is 1. The van der Waals surface area contributed by atoms with E-state index in [1.807, 2.05) is 0 Å². The second kappa shape index (κ2) is 13.5. The molecule has 58 heavy (non-hydrogen) atoms. The minimum Gasteiger partial charge on any atom is -0.310 e. The van der Waals surface area contributed by atoms with Crippen LogP contribution in [-0.4, -0.2) is 0 Å². The molecule has 0 spiro atoms. The molecular formula is C57H41N. The Morgan fingerprint density at radius 1 is 0.310 bits per heavy atom. The van der Waals surface area contributed by atoms with Crippen molar-refractivity contribution in [2.45, 2.75) is 19.3 Å². The highest BCUT2D eigenvalue weighted by Gasteiger charge is 2.35. The van der Waals surface area contributed by atoms with Crippen molar-refractivity contribution in [2.75, 3.05) is 4.90 Å². The second-order valence-corrected chi connectivity index (χ2v) is 16.2. The fourth-order valence-electron chi connectivity index (χ4n) is 9.40. The van der Waals surface area contributed by atoms with E-state index in [9.17, 15) is 0 Å². The van der Waals surface area contributed by atoms with E-state index in [1.54, 1.807) is 0 Å². The van der Waals surface area contributed by atoms with E-state index in [0.717, 1.165) is 17.1 Å². The highest BCUT2D eigenvalue weighted by Crippen LogP contribution is 2.53. The van der Waals surface area contributed by atoms with Crippen LogP contribution in [0.4, 0.5) is 17.1 Å². The van der Waals surface area contributed by atoms with Crippen molar-refractivity contribution in [1.29, 1.82) is 0 Å². The van der Waals surface area contributed by atoms with Crippen LogP contribution in [0, 0.1) is 0 Å². The molecule has 0 heterocycles. The van der Waals surface area contributed by atoms with Crippen LogP contribution in [0.1, 0.15) is 25.0 Å². The lowest BCUT2D eigenvalue weighted by atomic mass is 9.67. The van der Waals surface area contributed by atoms with Crippen molar-refractivity contribution in [3.05, 3.63) is 223 Å². The SMILES string of the molecule is CC1(C)c2ccc(-c3ccc4ccccc4c3)cc2-c2c(-c3ccc(N(c4ccc(-c5ccccc5)cc4)c4ccc5ccccc5c4)cc3)ccc3cccc1c23. The summed E-state index contributed by atoms with van der Waals surface area (Å²) in [7, 11) is 0. The zero-order valence-electron chi connectivity index (χ0n) is 32.7. The van der Waals surface area contributed by atoms with Gasteiger partial charge in [-0.1, -0.05) is 178 Å². The summed E-state index contributed by atoms with van der Waals surface area (Å²) in [6.07, 6.45) is 0. The van der Waals surface area contributed by atoms with E-state index in [0.29, 0.717) is 0 Å². The van der Waals surface area contributed by atoms with E-state index >= 15 is 0 Å². The Hall–Kier alpha value is -7.22. The molecule has 10 aromatic rings. The lowest BCUT2D eigenvalue weighted by molar-refractivity contribution is 0.645. The molecule has 274 valence electrons. The smallest absolute Gasteiger partial charge is 0.0468 e. The average Bonchev–Trinajstić information content (AvgIpc) is 3.28. The Balaban J connectivity index is 1.05. The van der Waals surface area contributed by atoms with Gasteiger partial charge in [-0.25, -0.2) is 0 Å². The van der Waals surface area contributed by atoms with Crippen LogP contribution in [0.25, 0.3) is 76.8 Å². The zero-order chi connectivity index (χ0) is 38.8. The molecule has 0 aromatic heterocycles. The fraction of sp³-hybridized carbons (Fsp3) is 0.0526. The molecule has 10 aromatic carbocycles. The lowest BCUT2D eigenvalue weighted by Gasteiger charge is -2.36. The highest BCUT2D eigenvalue weighted by molar-refractivity contribution is 6.10. The zero-order valence-corrected chi connectivity index (χ0v) is 32.7. The Morgan fingerprint density at radius 3 is 1.55 bits per heavy atom. The summed E-state index contributed by atoms with van der Waals surface area (Å²) in [5.41, 5.74) is 15.9. The summed E-state index contributed by atoms with van der Waals surface area (Å²) in [5.74, 6) is 0. The molecule has 0 fully saturated rings. The molecule has 0 bridgehead atoms. The fourth-order valence-corrected chi connectivity index (χ4v) is 9.40. The summed E-state index contributed by atoms with van der Waals surface area (Å²) in [4.78, 5) is 2.38. The third kappa shape index (κ3) is 5.62. The van der Waals surface area contributed by atoms with Gasteiger partial charge in [-0.3, -0.25) is 0 Å². The van der Waals surface area contributed by atoms with Crippen molar-refractivity contribution in [3.8, 4) is 44.5 Å². The van der Waals surface area contributed by atoms with Gasteiger partial charge in [-0.05, 0) is 136 Å². The molecular weight excluding hydrogens is 699 g/mol. The third-order valence-corrected chi connectivity index (χ3v) is 12.4. The Morgan fingerprint density at radius 2 is 0.828 bits per heavy atom. The molecule has 0 radical (unpaired) electrons. The summed E-state index contributed by atoms with van der Waals surface area (Å²) in [6, 6.07) is 78.2. The van der Waals surface area contributed by atoms with Crippen molar-refractivity contribution in [2.24, 2.45) is 0 Å². The molecule has 0 saturated heterocycles. The molecule has 0 saturated carbocycles. The first-order chi connectivity index (χ1) is 28.5. The van der Waals surface area contributed by atoms with Gasteiger partial charge in [0.25, 0.3) is 0 Å². The number of rotatable bonds is 6. The van der Waals surface area contributed by atoms with Gasteiger partial charge in [0.15, 0.2) is 0 Å². The van der Waals surface area contributed by atoms with Gasteiger partial charge in [-0.2, -0.15) is 0 Å². The topological polar surface area (TPSA) is 3.24 Å². The predicted molar refractivity (Wildman–Crippen MR) is 248 cm³/mol. The number of hydrogen-bond donors (Lipinski definition) is 0. The van der Waals surface area contributed by atoms with Gasteiger partial charge >= 0.3 is 0 Å². The minimum atomic E-state index is -0.150. The van der Waals surface area contributed by atoms with Crippen molar-refractivity contribution < 1.29 is 0 Å². The molecule has 1 heteroatoms. The van der Waals surface area contributed by atoms with E-state index in [4.69, 9.17) is 0 Å². The van der Waals surface area contributed by atoms with Gasteiger partial charge in [-0.15, -0.1) is 0 Å².